The Morgan fingerprint density at radius 3 is 2.08 bits per heavy atom. The zero-order valence-corrected chi connectivity index (χ0v) is 23.3. The standard InChI is InChI=1S/C36H22N2Te/c1-2-11-23(12-3-1)35-28-15-6-8-18-31(28)37-36(38-35)30-22-25(21-24-13-4-5-14-26(24)30)27-17-10-20-33-34(27)29-16-7-9-19-32(29)39-33/h1-22H. The first-order chi connectivity index (χ1) is 19.3. The van der Waals surface area contributed by atoms with E-state index in [-0.39, 0.29) is 20.4 Å². The van der Waals surface area contributed by atoms with E-state index in [1.807, 2.05) is 6.07 Å². The fraction of sp³-hybridized carbons (Fsp3) is 0. The Morgan fingerprint density at radius 1 is 0.462 bits per heavy atom. The number of benzene rings is 6. The molecule has 0 saturated carbocycles. The topological polar surface area (TPSA) is 25.8 Å². The summed E-state index contributed by atoms with van der Waals surface area (Å²) in [6, 6.07) is 47.7. The predicted molar refractivity (Wildman–Crippen MR) is 165 cm³/mol. The van der Waals surface area contributed by atoms with Crippen LogP contribution in [-0.2, 0) is 0 Å². The summed E-state index contributed by atoms with van der Waals surface area (Å²) >= 11 is -0.378. The van der Waals surface area contributed by atoms with Crippen molar-refractivity contribution >= 4 is 59.7 Å². The minimum atomic E-state index is -0.378. The predicted octanol–water partition coefficient (Wildman–Crippen LogP) is 9.15. The molecule has 8 rings (SSSR count). The summed E-state index contributed by atoms with van der Waals surface area (Å²) in [6.07, 6.45) is 0. The van der Waals surface area contributed by atoms with Gasteiger partial charge in [-0.1, -0.05) is 6.07 Å². The van der Waals surface area contributed by atoms with E-state index in [1.165, 1.54) is 34.1 Å². The maximum absolute atomic E-state index is 5.23. The summed E-state index contributed by atoms with van der Waals surface area (Å²) < 4.78 is 3.04. The number of fused-ring (bicyclic) bond motifs is 5. The van der Waals surface area contributed by atoms with Gasteiger partial charge in [0.15, 0.2) is 0 Å². The third-order valence-electron chi connectivity index (χ3n) is 7.47. The number of aromatic nitrogens is 2. The fourth-order valence-corrected chi connectivity index (χ4v) is 8.91. The second kappa shape index (κ2) is 9.17. The third kappa shape index (κ3) is 3.78. The molecule has 2 nitrogen and oxygen atoms in total. The van der Waals surface area contributed by atoms with Crippen molar-refractivity contribution in [1.82, 2.24) is 9.97 Å². The van der Waals surface area contributed by atoms with Gasteiger partial charge < -0.3 is 0 Å². The number of hydrogen-bond donors (Lipinski definition) is 0. The first-order valence-electron chi connectivity index (χ1n) is 13.1. The Labute approximate surface area is 235 Å². The number of hydrogen-bond acceptors (Lipinski definition) is 2. The van der Waals surface area contributed by atoms with Crippen LogP contribution in [0.4, 0.5) is 0 Å². The molecular formula is C36H22N2Te. The van der Waals surface area contributed by atoms with Gasteiger partial charge in [0.05, 0.1) is 0 Å². The molecule has 8 aromatic rings. The Bertz CT molecular complexity index is 2180. The van der Waals surface area contributed by atoms with Gasteiger partial charge in [0, 0.05) is 0 Å². The third-order valence-corrected chi connectivity index (χ3v) is 10.7. The normalized spacial score (nSPS) is 11.6. The molecule has 3 heteroatoms. The van der Waals surface area contributed by atoms with Gasteiger partial charge in [-0.2, -0.15) is 0 Å². The maximum atomic E-state index is 5.23. The van der Waals surface area contributed by atoms with E-state index < -0.39 is 0 Å². The van der Waals surface area contributed by atoms with Crippen LogP contribution in [0.15, 0.2) is 133 Å². The van der Waals surface area contributed by atoms with Crippen LogP contribution in [0.5, 0.6) is 0 Å². The van der Waals surface area contributed by atoms with Crippen molar-refractivity contribution in [3.05, 3.63) is 133 Å². The molecular weight excluding hydrogens is 588 g/mol. The van der Waals surface area contributed by atoms with E-state index in [1.54, 1.807) is 0 Å². The average molecular weight is 610 g/mol. The molecule has 0 N–H and O–H groups in total. The fourth-order valence-electron chi connectivity index (χ4n) is 5.68. The van der Waals surface area contributed by atoms with Gasteiger partial charge in [-0.05, 0) is 0 Å². The average Bonchev–Trinajstić information content (AvgIpc) is 3.39. The number of nitrogens with zero attached hydrogens (tertiary/aromatic N) is 2. The Kier molecular flexibility index (Phi) is 5.33. The molecule has 182 valence electrons. The number of rotatable bonds is 3. The molecule has 0 spiro atoms. The Hall–Kier alpha value is -4.29. The molecule has 0 bridgehead atoms. The van der Waals surface area contributed by atoms with Crippen LogP contribution in [0.25, 0.3) is 73.0 Å². The van der Waals surface area contributed by atoms with Crippen molar-refractivity contribution in [1.29, 1.82) is 0 Å². The van der Waals surface area contributed by atoms with Gasteiger partial charge in [0.25, 0.3) is 0 Å². The quantitative estimate of drug-likeness (QED) is 0.187. The molecule has 0 aliphatic rings. The van der Waals surface area contributed by atoms with E-state index >= 15 is 0 Å². The van der Waals surface area contributed by atoms with Crippen LogP contribution in [0.1, 0.15) is 0 Å². The summed E-state index contributed by atoms with van der Waals surface area (Å²) in [5.41, 5.74) is 6.58. The molecule has 0 saturated heterocycles. The van der Waals surface area contributed by atoms with Crippen molar-refractivity contribution in [3.63, 3.8) is 0 Å². The summed E-state index contributed by atoms with van der Waals surface area (Å²) in [5.74, 6) is 0.757. The zero-order valence-electron chi connectivity index (χ0n) is 21.0. The molecule has 6 aromatic carbocycles. The van der Waals surface area contributed by atoms with Gasteiger partial charge in [0.2, 0.25) is 0 Å². The van der Waals surface area contributed by atoms with Crippen molar-refractivity contribution in [2.75, 3.05) is 0 Å². The first-order valence-corrected chi connectivity index (χ1v) is 15.4. The van der Waals surface area contributed by atoms with Crippen molar-refractivity contribution in [3.8, 4) is 33.8 Å². The molecule has 0 aliphatic heterocycles. The van der Waals surface area contributed by atoms with E-state index in [0.29, 0.717) is 0 Å². The summed E-state index contributed by atoms with van der Waals surface area (Å²) in [6.45, 7) is 0. The summed E-state index contributed by atoms with van der Waals surface area (Å²) in [7, 11) is 0. The van der Waals surface area contributed by atoms with Gasteiger partial charge in [-0.3, -0.25) is 0 Å². The van der Waals surface area contributed by atoms with Crippen molar-refractivity contribution in [2.45, 2.75) is 0 Å². The van der Waals surface area contributed by atoms with Gasteiger partial charge in [-0.15, -0.1) is 0 Å². The molecule has 2 heterocycles. The van der Waals surface area contributed by atoms with Gasteiger partial charge in [0.1, 0.15) is 0 Å². The summed E-state index contributed by atoms with van der Waals surface area (Å²) in [4.78, 5) is 10.4. The number of para-hydroxylation sites is 1. The van der Waals surface area contributed by atoms with Crippen LogP contribution >= 0.6 is 0 Å². The molecule has 0 unspecified atom stereocenters. The van der Waals surface area contributed by atoms with Crippen molar-refractivity contribution in [2.24, 2.45) is 0 Å². The van der Waals surface area contributed by atoms with E-state index in [9.17, 15) is 0 Å². The van der Waals surface area contributed by atoms with E-state index in [2.05, 4.69) is 127 Å². The monoisotopic (exact) mass is 612 g/mol. The molecule has 2 aromatic heterocycles. The second-order valence-corrected chi connectivity index (χ2v) is 12.9. The van der Waals surface area contributed by atoms with Crippen LogP contribution in [0, 0.1) is 0 Å². The SMILES string of the molecule is c1ccc(-c2nc(-c3cc(-c4cccc5[te]c6ccccc6c45)cc4ccccc34)nc3ccccc23)cc1. The molecule has 0 atom stereocenters. The van der Waals surface area contributed by atoms with E-state index in [4.69, 9.17) is 9.97 Å². The molecule has 0 amide bonds. The summed E-state index contributed by atoms with van der Waals surface area (Å²) in [5, 5.41) is 6.23. The van der Waals surface area contributed by atoms with Crippen LogP contribution < -0.4 is 0 Å². The van der Waals surface area contributed by atoms with Gasteiger partial charge >= 0.3 is 231 Å². The minimum absolute atomic E-state index is 0.378. The van der Waals surface area contributed by atoms with Crippen LogP contribution in [-0.4, -0.2) is 30.4 Å². The van der Waals surface area contributed by atoms with Crippen LogP contribution in [0.3, 0.4) is 0 Å². The molecule has 0 radical (unpaired) electrons. The Balaban J connectivity index is 1.44. The van der Waals surface area contributed by atoms with Crippen molar-refractivity contribution < 1.29 is 0 Å². The van der Waals surface area contributed by atoms with Crippen LogP contribution in [0.2, 0.25) is 0 Å². The molecule has 0 fully saturated rings. The van der Waals surface area contributed by atoms with Gasteiger partial charge in [-0.25, -0.2) is 0 Å². The van der Waals surface area contributed by atoms with E-state index in [0.717, 1.165) is 38.9 Å². The second-order valence-electron chi connectivity index (χ2n) is 9.80. The Morgan fingerprint density at radius 2 is 1.18 bits per heavy atom. The molecule has 39 heavy (non-hydrogen) atoms. The zero-order chi connectivity index (χ0) is 25.8. The first kappa shape index (κ1) is 22.7. The molecule has 0 aliphatic carbocycles.